The van der Waals surface area contributed by atoms with E-state index in [1.807, 2.05) is 0 Å². The Morgan fingerprint density at radius 1 is 1.36 bits per heavy atom. The molecular formula is C12H22FN. The van der Waals surface area contributed by atoms with Crippen LogP contribution in [0.4, 0.5) is 4.39 Å². The topological polar surface area (TPSA) is 12.0 Å². The van der Waals surface area contributed by atoms with Crippen LogP contribution in [0.15, 0.2) is 0 Å². The third kappa shape index (κ3) is 2.10. The Labute approximate surface area is 86.5 Å². The predicted molar refractivity (Wildman–Crippen MR) is 57.0 cm³/mol. The average Bonchev–Trinajstić information content (AvgIpc) is 2.79. The van der Waals surface area contributed by atoms with Crippen LogP contribution in [-0.4, -0.2) is 19.3 Å². The van der Waals surface area contributed by atoms with Crippen molar-refractivity contribution in [3.63, 3.8) is 0 Å². The molecule has 2 saturated carbocycles. The number of alkyl halides is 1. The first-order valence-electron chi connectivity index (χ1n) is 6.10. The highest BCUT2D eigenvalue weighted by atomic mass is 19.1. The Hall–Kier alpha value is -0.110. The Bertz CT molecular complexity index is 183. The molecule has 0 spiro atoms. The summed E-state index contributed by atoms with van der Waals surface area (Å²) in [6, 6.07) is 0.608. The molecule has 1 nitrogen and oxygen atoms in total. The van der Waals surface area contributed by atoms with Crippen LogP contribution in [-0.2, 0) is 0 Å². The molecule has 0 aromatic carbocycles. The van der Waals surface area contributed by atoms with Crippen molar-refractivity contribution in [3.8, 4) is 0 Å². The van der Waals surface area contributed by atoms with Crippen LogP contribution in [0.5, 0.6) is 0 Å². The van der Waals surface area contributed by atoms with Crippen molar-refractivity contribution < 1.29 is 4.39 Å². The summed E-state index contributed by atoms with van der Waals surface area (Å²) in [5.41, 5.74) is 0. The molecule has 0 aromatic rings. The third-order valence-corrected chi connectivity index (χ3v) is 4.21. The second kappa shape index (κ2) is 4.61. The molecule has 2 fully saturated rings. The molecule has 82 valence electrons. The van der Waals surface area contributed by atoms with E-state index in [1.165, 1.54) is 25.7 Å². The first-order chi connectivity index (χ1) is 6.81. The largest absolute Gasteiger partial charge is 0.314 e. The summed E-state index contributed by atoms with van der Waals surface area (Å²) < 4.78 is 11.9. The number of halogens is 1. The van der Waals surface area contributed by atoms with E-state index in [-0.39, 0.29) is 6.67 Å². The van der Waals surface area contributed by atoms with E-state index in [9.17, 15) is 4.39 Å². The first-order valence-corrected chi connectivity index (χ1v) is 6.10. The maximum atomic E-state index is 11.9. The van der Waals surface area contributed by atoms with Gasteiger partial charge in [0.05, 0.1) is 6.67 Å². The SMILES string of the molecule is CC(NCCCF)C1CC2CCC1C2. The summed E-state index contributed by atoms with van der Waals surface area (Å²) in [5.74, 6) is 2.89. The van der Waals surface area contributed by atoms with Crippen LogP contribution in [0.1, 0.15) is 39.0 Å². The van der Waals surface area contributed by atoms with Crippen LogP contribution >= 0.6 is 0 Å². The fourth-order valence-electron chi connectivity index (χ4n) is 3.45. The van der Waals surface area contributed by atoms with Gasteiger partial charge >= 0.3 is 0 Å². The van der Waals surface area contributed by atoms with Crippen molar-refractivity contribution in [2.45, 2.75) is 45.1 Å². The van der Waals surface area contributed by atoms with Crippen LogP contribution in [0, 0.1) is 17.8 Å². The maximum Gasteiger partial charge on any atom is 0.0906 e. The second-order valence-corrected chi connectivity index (χ2v) is 5.12. The maximum absolute atomic E-state index is 11.9. The number of hydrogen-bond acceptors (Lipinski definition) is 1. The standard InChI is InChI=1S/C12H22FN/c1-9(14-6-2-5-13)12-8-10-3-4-11(12)7-10/h9-12,14H,2-8H2,1H3. The van der Waals surface area contributed by atoms with Crippen molar-refractivity contribution in [1.82, 2.24) is 5.32 Å². The summed E-state index contributed by atoms with van der Waals surface area (Å²) in [5, 5.41) is 3.47. The monoisotopic (exact) mass is 199 g/mol. The molecule has 2 aliphatic carbocycles. The van der Waals surface area contributed by atoms with Gasteiger partial charge in [0.2, 0.25) is 0 Å². The summed E-state index contributed by atoms with van der Waals surface area (Å²) in [7, 11) is 0. The van der Waals surface area contributed by atoms with Gasteiger partial charge in [-0.05, 0) is 56.9 Å². The molecule has 0 aliphatic heterocycles. The summed E-state index contributed by atoms with van der Waals surface area (Å²) >= 11 is 0. The van der Waals surface area contributed by atoms with E-state index >= 15 is 0 Å². The lowest BCUT2D eigenvalue weighted by atomic mass is 9.84. The Kier molecular flexibility index (Phi) is 3.42. The lowest BCUT2D eigenvalue weighted by Crippen LogP contribution is -2.36. The quantitative estimate of drug-likeness (QED) is 0.671. The zero-order chi connectivity index (χ0) is 9.97. The summed E-state index contributed by atoms with van der Waals surface area (Å²) in [6.07, 6.45) is 6.49. The molecule has 4 atom stereocenters. The van der Waals surface area contributed by atoms with Crippen molar-refractivity contribution >= 4 is 0 Å². The van der Waals surface area contributed by atoms with Crippen LogP contribution in [0.2, 0.25) is 0 Å². The van der Waals surface area contributed by atoms with Gasteiger partial charge in [-0.15, -0.1) is 0 Å². The minimum atomic E-state index is -0.184. The fraction of sp³-hybridized carbons (Fsp3) is 1.00. The van der Waals surface area contributed by atoms with Gasteiger partial charge in [-0.3, -0.25) is 4.39 Å². The van der Waals surface area contributed by atoms with Crippen molar-refractivity contribution in [3.05, 3.63) is 0 Å². The Morgan fingerprint density at radius 2 is 2.21 bits per heavy atom. The minimum Gasteiger partial charge on any atom is -0.314 e. The van der Waals surface area contributed by atoms with Gasteiger partial charge in [-0.2, -0.15) is 0 Å². The van der Waals surface area contributed by atoms with E-state index < -0.39 is 0 Å². The van der Waals surface area contributed by atoms with Gasteiger partial charge in [0.1, 0.15) is 0 Å². The van der Waals surface area contributed by atoms with Crippen LogP contribution in [0.25, 0.3) is 0 Å². The van der Waals surface area contributed by atoms with E-state index in [4.69, 9.17) is 0 Å². The normalized spacial score (nSPS) is 37.7. The van der Waals surface area contributed by atoms with E-state index in [0.717, 1.165) is 24.3 Å². The average molecular weight is 199 g/mol. The number of rotatable bonds is 5. The van der Waals surface area contributed by atoms with Gasteiger partial charge in [-0.1, -0.05) is 6.42 Å². The fourth-order valence-corrected chi connectivity index (χ4v) is 3.45. The highest BCUT2D eigenvalue weighted by Gasteiger charge is 2.41. The first kappa shape index (κ1) is 10.4. The summed E-state index contributed by atoms with van der Waals surface area (Å²) in [6.45, 7) is 2.95. The highest BCUT2D eigenvalue weighted by molar-refractivity contribution is 4.93. The molecule has 2 rings (SSSR count). The van der Waals surface area contributed by atoms with Crippen molar-refractivity contribution in [2.75, 3.05) is 13.2 Å². The van der Waals surface area contributed by atoms with Crippen molar-refractivity contribution in [2.24, 2.45) is 17.8 Å². The zero-order valence-electron chi connectivity index (χ0n) is 9.14. The smallest absolute Gasteiger partial charge is 0.0906 e. The number of nitrogens with one attached hydrogen (secondary N) is 1. The van der Waals surface area contributed by atoms with Gasteiger partial charge in [0.15, 0.2) is 0 Å². The van der Waals surface area contributed by atoms with E-state index in [1.54, 1.807) is 0 Å². The molecule has 2 aliphatic rings. The molecule has 2 heteroatoms. The third-order valence-electron chi connectivity index (χ3n) is 4.21. The van der Waals surface area contributed by atoms with Crippen LogP contribution < -0.4 is 5.32 Å². The highest BCUT2D eigenvalue weighted by Crippen LogP contribution is 2.49. The number of fused-ring (bicyclic) bond motifs is 2. The lowest BCUT2D eigenvalue weighted by Gasteiger charge is -2.28. The molecule has 0 saturated heterocycles. The van der Waals surface area contributed by atoms with Crippen LogP contribution in [0.3, 0.4) is 0 Å². The van der Waals surface area contributed by atoms with E-state index in [0.29, 0.717) is 12.5 Å². The molecule has 2 bridgehead atoms. The van der Waals surface area contributed by atoms with Gasteiger partial charge < -0.3 is 5.32 Å². The molecule has 1 N–H and O–H groups in total. The Balaban J connectivity index is 1.72. The Morgan fingerprint density at radius 3 is 2.79 bits per heavy atom. The molecular weight excluding hydrogens is 177 g/mol. The number of hydrogen-bond donors (Lipinski definition) is 1. The molecule has 0 aromatic heterocycles. The second-order valence-electron chi connectivity index (χ2n) is 5.12. The molecule has 0 radical (unpaired) electrons. The van der Waals surface area contributed by atoms with Crippen molar-refractivity contribution in [1.29, 1.82) is 0 Å². The minimum absolute atomic E-state index is 0.184. The summed E-state index contributed by atoms with van der Waals surface area (Å²) in [4.78, 5) is 0. The van der Waals surface area contributed by atoms with Gasteiger partial charge in [0.25, 0.3) is 0 Å². The zero-order valence-corrected chi connectivity index (χ0v) is 9.14. The molecule has 0 amide bonds. The van der Waals surface area contributed by atoms with E-state index in [2.05, 4.69) is 12.2 Å². The molecule has 14 heavy (non-hydrogen) atoms. The molecule has 4 unspecified atom stereocenters. The predicted octanol–water partition coefficient (Wildman–Crippen LogP) is 2.76. The van der Waals surface area contributed by atoms with Gasteiger partial charge in [0, 0.05) is 6.04 Å². The molecule has 0 heterocycles. The van der Waals surface area contributed by atoms with Gasteiger partial charge in [-0.25, -0.2) is 0 Å². The lowest BCUT2D eigenvalue weighted by molar-refractivity contribution is 0.258.